The minimum atomic E-state index is -1.19. The van der Waals surface area contributed by atoms with Crippen molar-refractivity contribution in [2.75, 3.05) is 0 Å². The molecule has 1 unspecified atom stereocenters. The maximum absolute atomic E-state index is 13.8. The third kappa shape index (κ3) is 4.59. The van der Waals surface area contributed by atoms with Crippen LogP contribution >= 0.6 is 0 Å². The minimum absolute atomic E-state index is 0.0722. The standard InChI is InChI=1S/C21H16F2N2O2/c22-15-6-9-17(18(23)12-15)19(13-24)25-21(26)11-8-16-7-10-20(27-16)14-4-2-1-3-5-14/h1-7,9-10,12,19H,8,11H2,(H,25,26). The lowest BCUT2D eigenvalue weighted by molar-refractivity contribution is -0.121. The molecule has 0 saturated heterocycles. The summed E-state index contributed by atoms with van der Waals surface area (Å²) in [6.45, 7) is 0. The lowest BCUT2D eigenvalue weighted by atomic mass is 10.1. The SMILES string of the molecule is N#CC(NC(=O)CCc1ccc(-c2ccccc2)o1)c1ccc(F)cc1F. The van der Waals surface area contributed by atoms with Gasteiger partial charge in [0.05, 0.1) is 6.07 Å². The molecule has 0 spiro atoms. The second-order valence-electron chi connectivity index (χ2n) is 5.93. The second kappa shape index (κ2) is 8.28. The molecule has 3 aromatic rings. The zero-order valence-corrected chi connectivity index (χ0v) is 14.3. The number of nitrogens with one attached hydrogen (secondary N) is 1. The zero-order valence-electron chi connectivity index (χ0n) is 14.3. The van der Waals surface area contributed by atoms with Crippen molar-refractivity contribution in [2.24, 2.45) is 0 Å². The summed E-state index contributed by atoms with van der Waals surface area (Å²) >= 11 is 0. The number of nitriles is 1. The van der Waals surface area contributed by atoms with E-state index in [-0.39, 0.29) is 12.0 Å². The Morgan fingerprint density at radius 2 is 1.89 bits per heavy atom. The molecule has 6 heteroatoms. The van der Waals surface area contributed by atoms with Crippen molar-refractivity contribution in [1.82, 2.24) is 5.32 Å². The predicted molar refractivity (Wildman–Crippen MR) is 95.3 cm³/mol. The Hall–Kier alpha value is -3.46. The van der Waals surface area contributed by atoms with Crippen LogP contribution in [0, 0.1) is 23.0 Å². The van der Waals surface area contributed by atoms with Crippen LogP contribution in [0.4, 0.5) is 8.78 Å². The van der Waals surface area contributed by atoms with E-state index in [1.165, 1.54) is 0 Å². The first-order valence-electron chi connectivity index (χ1n) is 8.35. The van der Waals surface area contributed by atoms with E-state index in [0.717, 1.165) is 17.7 Å². The fourth-order valence-corrected chi connectivity index (χ4v) is 2.65. The number of carbonyl (C=O) groups is 1. The van der Waals surface area contributed by atoms with E-state index in [1.54, 1.807) is 6.07 Å². The molecule has 0 radical (unpaired) electrons. The predicted octanol–water partition coefficient (Wildman–Crippen LogP) is 4.54. The van der Waals surface area contributed by atoms with E-state index in [9.17, 15) is 18.8 Å². The third-order valence-corrected chi connectivity index (χ3v) is 4.03. The van der Waals surface area contributed by atoms with Crippen molar-refractivity contribution in [3.8, 4) is 17.4 Å². The molecule has 0 aliphatic carbocycles. The molecule has 0 aliphatic heterocycles. The molecule has 3 rings (SSSR count). The summed E-state index contributed by atoms with van der Waals surface area (Å²) in [6, 6.07) is 16.7. The summed E-state index contributed by atoms with van der Waals surface area (Å²) in [5, 5.41) is 11.6. The number of amides is 1. The second-order valence-corrected chi connectivity index (χ2v) is 5.93. The van der Waals surface area contributed by atoms with Crippen LogP contribution < -0.4 is 5.32 Å². The topological polar surface area (TPSA) is 66.0 Å². The van der Waals surface area contributed by atoms with Crippen molar-refractivity contribution in [2.45, 2.75) is 18.9 Å². The number of aryl methyl sites for hydroxylation is 1. The van der Waals surface area contributed by atoms with E-state index in [1.807, 2.05) is 42.5 Å². The first kappa shape index (κ1) is 18.3. The summed E-state index contributed by atoms with van der Waals surface area (Å²) in [4.78, 5) is 12.1. The van der Waals surface area contributed by atoms with Gasteiger partial charge in [0.25, 0.3) is 0 Å². The van der Waals surface area contributed by atoms with Gasteiger partial charge in [-0.25, -0.2) is 8.78 Å². The van der Waals surface area contributed by atoms with Crippen LogP contribution in [0.25, 0.3) is 11.3 Å². The Balaban J connectivity index is 1.59. The molecule has 1 N–H and O–H groups in total. The molecule has 2 aromatic carbocycles. The van der Waals surface area contributed by atoms with Crippen LogP contribution in [0.1, 0.15) is 23.8 Å². The maximum atomic E-state index is 13.8. The number of benzene rings is 2. The summed E-state index contributed by atoms with van der Waals surface area (Å²) in [5.74, 6) is -0.714. The highest BCUT2D eigenvalue weighted by molar-refractivity contribution is 5.77. The smallest absolute Gasteiger partial charge is 0.221 e. The average Bonchev–Trinajstić information content (AvgIpc) is 3.15. The molecule has 0 fully saturated rings. The van der Waals surface area contributed by atoms with E-state index in [0.29, 0.717) is 24.0 Å². The Morgan fingerprint density at radius 3 is 2.59 bits per heavy atom. The lowest BCUT2D eigenvalue weighted by Gasteiger charge is -2.12. The average molecular weight is 366 g/mol. The van der Waals surface area contributed by atoms with Crippen molar-refractivity contribution in [3.63, 3.8) is 0 Å². The van der Waals surface area contributed by atoms with Crippen LogP contribution in [0.15, 0.2) is 65.1 Å². The lowest BCUT2D eigenvalue weighted by Crippen LogP contribution is -2.28. The molecule has 0 bridgehead atoms. The summed E-state index contributed by atoms with van der Waals surface area (Å²) in [7, 11) is 0. The maximum Gasteiger partial charge on any atom is 0.221 e. The first-order chi connectivity index (χ1) is 13.1. The van der Waals surface area contributed by atoms with Gasteiger partial charge in [-0.15, -0.1) is 0 Å². The van der Waals surface area contributed by atoms with Crippen molar-refractivity contribution in [1.29, 1.82) is 5.26 Å². The van der Waals surface area contributed by atoms with Gasteiger partial charge in [0.1, 0.15) is 29.2 Å². The molecule has 1 amide bonds. The molecule has 4 nitrogen and oxygen atoms in total. The number of rotatable bonds is 6. The van der Waals surface area contributed by atoms with Gasteiger partial charge >= 0.3 is 0 Å². The highest BCUT2D eigenvalue weighted by Gasteiger charge is 2.18. The van der Waals surface area contributed by atoms with Crippen LogP contribution in [0.5, 0.6) is 0 Å². The molecule has 136 valence electrons. The van der Waals surface area contributed by atoms with Gasteiger partial charge in [0, 0.05) is 30.0 Å². The highest BCUT2D eigenvalue weighted by atomic mass is 19.1. The van der Waals surface area contributed by atoms with Gasteiger partial charge in [-0.1, -0.05) is 36.4 Å². The Kier molecular flexibility index (Phi) is 5.62. The number of hydrogen-bond acceptors (Lipinski definition) is 3. The first-order valence-corrected chi connectivity index (χ1v) is 8.35. The van der Waals surface area contributed by atoms with Gasteiger partial charge in [0.15, 0.2) is 0 Å². The molecular weight excluding hydrogens is 350 g/mol. The fraction of sp³-hybridized carbons (Fsp3) is 0.143. The Morgan fingerprint density at radius 1 is 1.11 bits per heavy atom. The molecular formula is C21H16F2N2O2. The molecule has 1 aromatic heterocycles. The van der Waals surface area contributed by atoms with Gasteiger partial charge in [-0.05, 0) is 18.2 Å². The molecule has 1 heterocycles. The third-order valence-electron chi connectivity index (χ3n) is 4.03. The highest BCUT2D eigenvalue weighted by Crippen LogP contribution is 2.22. The molecule has 1 atom stereocenters. The molecule has 0 aliphatic rings. The van der Waals surface area contributed by atoms with Crippen LogP contribution in [0.2, 0.25) is 0 Å². The van der Waals surface area contributed by atoms with E-state index >= 15 is 0 Å². The van der Waals surface area contributed by atoms with E-state index in [2.05, 4.69) is 5.32 Å². The number of carbonyl (C=O) groups excluding carboxylic acids is 1. The van der Waals surface area contributed by atoms with Gasteiger partial charge < -0.3 is 9.73 Å². The van der Waals surface area contributed by atoms with Gasteiger partial charge in [-0.3, -0.25) is 4.79 Å². The van der Waals surface area contributed by atoms with Crippen molar-refractivity contribution in [3.05, 3.63) is 83.6 Å². The normalized spacial score (nSPS) is 11.6. The molecule has 27 heavy (non-hydrogen) atoms. The summed E-state index contributed by atoms with van der Waals surface area (Å²) in [6.07, 6.45) is 0.408. The van der Waals surface area contributed by atoms with Gasteiger partial charge in [-0.2, -0.15) is 5.26 Å². The van der Waals surface area contributed by atoms with Crippen LogP contribution in [-0.4, -0.2) is 5.91 Å². The molecule has 0 saturated carbocycles. The van der Waals surface area contributed by atoms with Crippen molar-refractivity contribution >= 4 is 5.91 Å². The quantitative estimate of drug-likeness (QED) is 0.697. The van der Waals surface area contributed by atoms with E-state index < -0.39 is 23.6 Å². The summed E-state index contributed by atoms with van der Waals surface area (Å²) in [5.41, 5.74) is 0.862. The number of hydrogen-bond donors (Lipinski definition) is 1. The summed E-state index contributed by atoms with van der Waals surface area (Å²) < 4.78 is 32.5. The largest absolute Gasteiger partial charge is 0.461 e. The number of nitrogens with zero attached hydrogens (tertiary/aromatic N) is 1. The zero-order chi connectivity index (χ0) is 19.2. The van der Waals surface area contributed by atoms with Gasteiger partial charge in [0.2, 0.25) is 5.91 Å². The fourth-order valence-electron chi connectivity index (χ4n) is 2.65. The number of furan rings is 1. The Bertz CT molecular complexity index is 977. The Labute approximate surface area is 155 Å². The van der Waals surface area contributed by atoms with Crippen molar-refractivity contribution < 1.29 is 18.0 Å². The number of halogens is 2. The van der Waals surface area contributed by atoms with Crippen LogP contribution in [-0.2, 0) is 11.2 Å². The van der Waals surface area contributed by atoms with Crippen LogP contribution in [0.3, 0.4) is 0 Å². The monoisotopic (exact) mass is 366 g/mol. The minimum Gasteiger partial charge on any atom is -0.461 e. The van der Waals surface area contributed by atoms with E-state index in [4.69, 9.17) is 4.42 Å².